The van der Waals surface area contributed by atoms with Crippen molar-refractivity contribution in [2.45, 2.75) is 30.7 Å². The van der Waals surface area contributed by atoms with Gasteiger partial charge in [-0.25, -0.2) is 8.42 Å². The number of rotatable bonds is 3. The molecule has 0 N–H and O–H groups in total. The van der Waals surface area contributed by atoms with Crippen molar-refractivity contribution in [1.82, 2.24) is 13.4 Å². The van der Waals surface area contributed by atoms with E-state index in [9.17, 15) is 18.0 Å². The lowest BCUT2D eigenvalue weighted by atomic mass is 10.0. The van der Waals surface area contributed by atoms with Gasteiger partial charge in [-0.3, -0.25) is 9.59 Å². The first kappa shape index (κ1) is 19.6. The minimum absolute atomic E-state index is 0.123. The summed E-state index contributed by atoms with van der Waals surface area (Å²) in [5.74, 6) is 0. The maximum atomic E-state index is 13.5. The lowest BCUT2D eigenvalue weighted by Crippen LogP contribution is -2.39. The van der Waals surface area contributed by atoms with Crippen molar-refractivity contribution in [3.05, 3.63) is 74.3 Å². The van der Waals surface area contributed by atoms with E-state index in [1.165, 1.54) is 35.4 Å². The number of hydrogen-bond acceptors (Lipinski definition) is 4. The zero-order valence-corrected chi connectivity index (χ0v) is 17.4. The molecular weight excluding hydrogens is 390 g/mol. The van der Waals surface area contributed by atoms with Gasteiger partial charge in [0.2, 0.25) is 10.0 Å². The molecule has 0 radical (unpaired) electrons. The highest BCUT2D eigenvalue weighted by Crippen LogP contribution is 2.37. The van der Waals surface area contributed by atoms with Crippen LogP contribution in [0.15, 0.2) is 56.9 Å². The fraction of sp³-hybridized carbons (Fsp3) is 0.333. The van der Waals surface area contributed by atoms with E-state index in [-0.39, 0.29) is 10.9 Å². The van der Waals surface area contributed by atoms with Gasteiger partial charge in [-0.15, -0.1) is 0 Å². The molecule has 2 heterocycles. The third-order valence-electron chi connectivity index (χ3n) is 5.70. The van der Waals surface area contributed by atoms with Crippen molar-refractivity contribution >= 4 is 21.1 Å². The molecule has 1 aromatic heterocycles. The summed E-state index contributed by atoms with van der Waals surface area (Å²) in [6.07, 6.45) is 1.56. The van der Waals surface area contributed by atoms with Gasteiger partial charge in [0.15, 0.2) is 0 Å². The van der Waals surface area contributed by atoms with E-state index in [4.69, 9.17) is 0 Å². The van der Waals surface area contributed by atoms with Gasteiger partial charge in [0.1, 0.15) is 0 Å². The Labute approximate surface area is 168 Å². The Bertz CT molecular complexity index is 1340. The van der Waals surface area contributed by atoms with Gasteiger partial charge in [0, 0.05) is 20.6 Å². The van der Waals surface area contributed by atoms with Gasteiger partial charge >= 0.3 is 11.1 Å². The number of nitrogens with zero attached hydrogens (tertiary/aromatic N) is 3. The Morgan fingerprint density at radius 3 is 2.31 bits per heavy atom. The van der Waals surface area contributed by atoms with E-state index in [0.29, 0.717) is 17.6 Å². The maximum Gasteiger partial charge on any atom is 0.316 e. The van der Waals surface area contributed by atoms with Gasteiger partial charge in [0.25, 0.3) is 0 Å². The van der Waals surface area contributed by atoms with Crippen molar-refractivity contribution in [1.29, 1.82) is 0 Å². The van der Waals surface area contributed by atoms with Gasteiger partial charge in [-0.05, 0) is 43.5 Å². The maximum absolute atomic E-state index is 13.5. The van der Waals surface area contributed by atoms with Gasteiger partial charge in [-0.2, -0.15) is 4.31 Å². The molecule has 0 unspecified atom stereocenters. The summed E-state index contributed by atoms with van der Waals surface area (Å²) in [6, 6.07) is 12.3. The van der Waals surface area contributed by atoms with Crippen LogP contribution in [0.2, 0.25) is 0 Å². The zero-order chi connectivity index (χ0) is 20.9. The van der Waals surface area contributed by atoms with Crippen LogP contribution in [0.3, 0.4) is 0 Å². The molecule has 1 saturated heterocycles. The molecule has 1 atom stereocenters. The highest BCUT2D eigenvalue weighted by molar-refractivity contribution is 7.89. The number of sulfonamides is 1. The summed E-state index contributed by atoms with van der Waals surface area (Å²) in [7, 11) is -0.774. The number of aromatic nitrogens is 2. The standard InChI is InChI=1S/C21H23N3O4S/c1-14-6-4-7-15(12-14)17-8-5-11-24(17)29(27,28)16-9-10-18-19(13-16)23(3)21(26)20(25)22(18)2/h4,6-7,9-10,12-13,17H,5,8,11H2,1-3H3/t17-/m1/s1. The molecule has 0 spiro atoms. The molecular formula is C21H23N3O4S. The van der Waals surface area contributed by atoms with E-state index in [1.807, 2.05) is 31.2 Å². The Balaban J connectivity index is 1.84. The van der Waals surface area contributed by atoms with E-state index in [0.717, 1.165) is 24.0 Å². The summed E-state index contributed by atoms with van der Waals surface area (Å²) in [4.78, 5) is 24.3. The van der Waals surface area contributed by atoms with Crippen LogP contribution < -0.4 is 11.1 Å². The summed E-state index contributed by atoms with van der Waals surface area (Å²) in [5, 5.41) is 0. The van der Waals surface area contributed by atoms with Crippen molar-refractivity contribution < 1.29 is 8.42 Å². The molecule has 4 rings (SSSR count). The van der Waals surface area contributed by atoms with Gasteiger partial charge in [-0.1, -0.05) is 29.8 Å². The fourth-order valence-corrected chi connectivity index (χ4v) is 5.80. The molecule has 7 nitrogen and oxygen atoms in total. The van der Waals surface area contributed by atoms with E-state index >= 15 is 0 Å². The van der Waals surface area contributed by atoms with Crippen molar-refractivity contribution in [3.63, 3.8) is 0 Å². The van der Waals surface area contributed by atoms with E-state index < -0.39 is 21.1 Å². The van der Waals surface area contributed by atoms with Crippen LogP contribution >= 0.6 is 0 Å². The fourth-order valence-electron chi connectivity index (χ4n) is 4.10. The van der Waals surface area contributed by atoms with Crippen LogP contribution in [0.1, 0.15) is 30.0 Å². The van der Waals surface area contributed by atoms with Gasteiger partial charge < -0.3 is 9.13 Å². The minimum Gasteiger partial charge on any atom is -0.305 e. The predicted octanol–water partition coefficient (Wildman–Crippen LogP) is 2.07. The monoisotopic (exact) mass is 413 g/mol. The Hall–Kier alpha value is -2.71. The Kier molecular flexibility index (Phi) is 4.71. The van der Waals surface area contributed by atoms with E-state index in [2.05, 4.69) is 0 Å². The van der Waals surface area contributed by atoms with Crippen molar-refractivity contribution in [2.24, 2.45) is 14.1 Å². The third-order valence-corrected chi connectivity index (χ3v) is 7.60. The zero-order valence-electron chi connectivity index (χ0n) is 16.6. The van der Waals surface area contributed by atoms with Crippen LogP contribution in [0.4, 0.5) is 0 Å². The second-order valence-electron chi connectivity index (χ2n) is 7.57. The second kappa shape index (κ2) is 6.96. The highest BCUT2D eigenvalue weighted by Gasteiger charge is 2.36. The Morgan fingerprint density at radius 1 is 0.931 bits per heavy atom. The largest absolute Gasteiger partial charge is 0.316 e. The van der Waals surface area contributed by atoms with Crippen molar-refractivity contribution in [2.75, 3.05) is 6.54 Å². The molecule has 1 fully saturated rings. The topological polar surface area (TPSA) is 81.4 Å². The molecule has 0 bridgehead atoms. The molecule has 8 heteroatoms. The van der Waals surface area contributed by atoms with Crippen molar-refractivity contribution in [3.8, 4) is 0 Å². The van der Waals surface area contributed by atoms with Crippen LogP contribution in [0, 0.1) is 6.92 Å². The second-order valence-corrected chi connectivity index (χ2v) is 9.46. The van der Waals surface area contributed by atoms with E-state index in [1.54, 1.807) is 10.4 Å². The first-order valence-electron chi connectivity index (χ1n) is 9.50. The van der Waals surface area contributed by atoms with Crippen LogP contribution in [-0.4, -0.2) is 28.4 Å². The first-order chi connectivity index (χ1) is 13.7. The lowest BCUT2D eigenvalue weighted by Gasteiger charge is -2.25. The minimum atomic E-state index is -3.76. The highest BCUT2D eigenvalue weighted by atomic mass is 32.2. The summed E-state index contributed by atoms with van der Waals surface area (Å²) < 4.78 is 30.9. The lowest BCUT2D eigenvalue weighted by molar-refractivity contribution is 0.396. The molecule has 0 amide bonds. The quantitative estimate of drug-likeness (QED) is 0.616. The molecule has 29 heavy (non-hydrogen) atoms. The average molecular weight is 413 g/mol. The third kappa shape index (κ3) is 3.12. The summed E-state index contributed by atoms with van der Waals surface area (Å²) >= 11 is 0. The molecule has 0 saturated carbocycles. The van der Waals surface area contributed by atoms with Crippen LogP contribution in [0.25, 0.3) is 11.0 Å². The van der Waals surface area contributed by atoms with Crippen LogP contribution in [0.5, 0.6) is 0 Å². The molecule has 152 valence electrons. The van der Waals surface area contributed by atoms with Gasteiger partial charge in [0.05, 0.1) is 22.0 Å². The van der Waals surface area contributed by atoms with Crippen LogP contribution in [-0.2, 0) is 24.1 Å². The summed E-state index contributed by atoms with van der Waals surface area (Å²) in [5.41, 5.74) is 1.66. The average Bonchev–Trinajstić information content (AvgIpc) is 3.21. The molecule has 0 aliphatic carbocycles. The smallest absolute Gasteiger partial charge is 0.305 e. The molecule has 3 aromatic rings. The normalized spacial score (nSPS) is 17.8. The number of hydrogen-bond donors (Lipinski definition) is 0. The summed E-state index contributed by atoms with van der Waals surface area (Å²) in [6.45, 7) is 2.44. The molecule has 1 aliphatic heterocycles. The predicted molar refractivity (Wildman–Crippen MR) is 111 cm³/mol. The molecule has 2 aromatic carbocycles. The number of benzene rings is 2. The number of aryl methyl sites for hydroxylation is 3. The molecule has 1 aliphatic rings. The SMILES string of the molecule is Cc1cccc([C@H]2CCCN2S(=O)(=O)c2ccc3c(c2)n(C)c(=O)c(=O)n3C)c1. The first-order valence-corrected chi connectivity index (χ1v) is 10.9. The Morgan fingerprint density at radius 2 is 1.62 bits per heavy atom. The number of fused-ring (bicyclic) bond motifs is 1.